The maximum atomic E-state index is 14.3. The van der Waals surface area contributed by atoms with E-state index in [9.17, 15) is 18.0 Å². The smallest absolute Gasteiger partial charge is 0.264 e. The number of benzene rings is 4. The number of hydrogen-bond donors (Lipinski definition) is 1. The molecular formula is C33H34BrN3O4S. The number of carbonyl (C=O) groups is 2. The first-order valence-electron chi connectivity index (χ1n) is 13.5. The highest BCUT2D eigenvalue weighted by molar-refractivity contribution is 9.10. The minimum absolute atomic E-state index is 0.0719. The van der Waals surface area contributed by atoms with Crippen LogP contribution in [0.15, 0.2) is 112 Å². The van der Waals surface area contributed by atoms with Gasteiger partial charge in [-0.25, -0.2) is 8.42 Å². The van der Waals surface area contributed by atoms with E-state index in [-0.39, 0.29) is 23.8 Å². The molecule has 4 rings (SSSR count). The molecule has 0 saturated carbocycles. The third kappa shape index (κ3) is 7.46. The van der Waals surface area contributed by atoms with Gasteiger partial charge in [0.2, 0.25) is 11.8 Å². The third-order valence-electron chi connectivity index (χ3n) is 7.17. The van der Waals surface area contributed by atoms with Gasteiger partial charge in [-0.2, -0.15) is 0 Å². The Kier molecular flexibility index (Phi) is 10.2. The van der Waals surface area contributed by atoms with Crippen molar-refractivity contribution in [2.45, 2.75) is 37.8 Å². The standard InChI is InChI=1S/C33H34BrN3O4S/c1-24-14-19-29(20-25(24)2)37(42(40,41)30-12-8-5-9-13-30)23-32(38)36(22-27-15-17-28(34)18-16-27)31(33(39)35-3)21-26-10-6-4-7-11-26/h4-20,31H,21-23H2,1-3H3,(H,35,39). The predicted octanol–water partition coefficient (Wildman–Crippen LogP) is 5.65. The van der Waals surface area contributed by atoms with Crippen LogP contribution in [-0.2, 0) is 32.6 Å². The Hall–Kier alpha value is -3.95. The molecule has 1 atom stereocenters. The van der Waals surface area contributed by atoms with Crippen LogP contribution < -0.4 is 9.62 Å². The van der Waals surface area contributed by atoms with E-state index in [0.29, 0.717) is 5.69 Å². The average molecular weight is 649 g/mol. The van der Waals surface area contributed by atoms with Gasteiger partial charge in [0, 0.05) is 24.5 Å². The van der Waals surface area contributed by atoms with Crippen LogP contribution in [0.3, 0.4) is 0 Å². The Balaban J connectivity index is 1.79. The van der Waals surface area contributed by atoms with Crippen molar-refractivity contribution in [3.63, 3.8) is 0 Å². The van der Waals surface area contributed by atoms with Crippen molar-refractivity contribution in [2.75, 3.05) is 17.9 Å². The second-order valence-electron chi connectivity index (χ2n) is 10.1. The molecule has 0 spiro atoms. The second-order valence-corrected chi connectivity index (χ2v) is 12.8. The Morgan fingerprint density at radius 3 is 2.02 bits per heavy atom. The van der Waals surface area contributed by atoms with Crippen molar-refractivity contribution in [1.82, 2.24) is 10.2 Å². The van der Waals surface area contributed by atoms with Gasteiger partial charge in [-0.15, -0.1) is 0 Å². The maximum Gasteiger partial charge on any atom is 0.264 e. The van der Waals surface area contributed by atoms with Crippen LogP contribution in [0.25, 0.3) is 0 Å². The molecule has 0 bridgehead atoms. The van der Waals surface area contributed by atoms with Gasteiger partial charge in [0.05, 0.1) is 10.6 Å². The largest absolute Gasteiger partial charge is 0.357 e. The van der Waals surface area contributed by atoms with Crippen LogP contribution in [-0.4, -0.2) is 44.8 Å². The lowest BCUT2D eigenvalue weighted by Crippen LogP contribution is -2.53. The number of amides is 2. The summed E-state index contributed by atoms with van der Waals surface area (Å²) in [6.45, 7) is 3.47. The van der Waals surface area contributed by atoms with Gasteiger partial charge in [-0.1, -0.05) is 82.7 Å². The van der Waals surface area contributed by atoms with Gasteiger partial charge in [-0.3, -0.25) is 13.9 Å². The lowest BCUT2D eigenvalue weighted by atomic mass is 10.0. The zero-order valence-electron chi connectivity index (χ0n) is 23.8. The van der Waals surface area contributed by atoms with E-state index in [1.807, 2.05) is 74.5 Å². The molecule has 218 valence electrons. The summed E-state index contributed by atoms with van der Waals surface area (Å²) in [6.07, 6.45) is 0.262. The fourth-order valence-corrected chi connectivity index (χ4v) is 6.33. The van der Waals surface area contributed by atoms with E-state index in [2.05, 4.69) is 21.2 Å². The van der Waals surface area contributed by atoms with Crippen LogP contribution in [0.4, 0.5) is 5.69 Å². The van der Waals surface area contributed by atoms with Crippen molar-refractivity contribution >= 4 is 43.5 Å². The van der Waals surface area contributed by atoms with E-state index in [4.69, 9.17) is 0 Å². The lowest BCUT2D eigenvalue weighted by Gasteiger charge is -2.33. The molecule has 4 aromatic carbocycles. The minimum Gasteiger partial charge on any atom is -0.357 e. The second kappa shape index (κ2) is 13.8. The zero-order valence-corrected chi connectivity index (χ0v) is 26.2. The van der Waals surface area contributed by atoms with Crippen LogP contribution >= 0.6 is 15.9 Å². The number of nitrogens with one attached hydrogen (secondary N) is 1. The lowest BCUT2D eigenvalue weighted by molar-refractivity contribution is -0.139. The van der Waals surface area contributed by atoms with Crippen molar-refractivity contribution in [1.29, 1.82) is 0 Å². The summed E-state index contributed by atoms with van der Waals surface area (Å²) in [5.74, 6) is -0.840. The van der Waals surface area contributed by atoms with E-state index >= 15 is 0 Å². The van der Waals surface area contributed by atoms with Crippen molar-refractivity contribution in [3.8, 4) is 0 Å². The highest BCUT2D eigenvalue weighted by atomic mass is 79.9. The van der Waals surface area contributed by atoms with Crippen molar-refractivity contribution in [2.24, 2.45) is 0 Å². The third-order valence-corrected chi connectivity index (χ3v) is 9.49. The molecule has 4 aromatic rings. The first-order chi connectivity index (χ1) is 20.1. The quantitative estimate of drug-likeness (QED) is 0.228. The Morgan fingerprint density at radius 1 is 0.810 bits per heavy atom. The monoisotopic (exact) mass is 647 g/mol. The summed E-state index contributed by atoms with van der Waals surface area (Å²) < 4.78 is 30.0. The van der Waals surface area contributed by atoms with E-state index in [0.717, 1.165) is 31.0 Å². The Morgan fingerprint density at radius 2 is 1.43 bits per heavy atom. The molecule has 0 aliphatic carbocycles. The van der Waals surface area contributed by atoms with Crippen molar-refractivity contribution in [3.05, 3.63) is 130 Å². The number of halogens is 1. The molecule has 0 heterocycles. The van der Waals surface area contributed by atoms with Gasteiger partial charge in [-0.05, 0) is 72.5 Å². The van der Waals surface area contributed by atoms with Gasteiger partial charge >= 0.3 is 0 Å². The summed E-state index contributed by atoms with van der Waals surface area (Å²) in [7, 11) is -2.59. The van der Waals surface area contributed by atoms with E-state index < -0.39 is 28.5 Å². The van der Waals surface area contributed by atoms with Gasteiger partial charge < -0.3 is 10.2 Å². The number of sulfonamides is 1. The fraction of sp³-hybridized carbons (Fsp3) is 0.212. The molecule has 0 aromatic heterocycles. The highest BCUT2D eigenvalue weighted by Gasteiger charge is 2.34. The molecular weight excluding hydrogens is 614 g/mol. The molecule has 0 aliphatic rings. The number of likely N-dealkylation sites (N-methyl/N-ethyl adjacent to an activating group) is 1. The van der Waals surface area contributed by atoms with Crippen LogP contribution in [0.1, 0.15) is 22.3 Å². The molecule has 1 N–H and O–H groups in total. The topological polar surface area (TPSA) is 86.8 Å². The SMILES string of the molecule is CNC(=O)C(Cc1ccccc1)N(Cc1ccc(Br)cc1)C(=O)CN(c1ccc(C)c(C)c1)S(=O)(=O)c1ccccc1. The molecule has 0 radical (unpaired) electrons. The molecule has 0 saturated heterocycles. The molecule has 1 unspecified atom stereocenters. The minimum atomic E-state index is -4.12. The van der Waals surface area contributed by atoms with Crippen molar-refractivity contribution < 1.29 is 18.0 Å². The average Bonchev–Trinajstić information content (AvgIpc) is 3.00. The highest BCUT2D eigenvalue weighted by Crippen LogP contribution is 2.27. The molecule has 0 aliphatic heterocycles. The van der Waals surface area contributed by atoms with E-state index in [1.54, 1.807) is 30.3 Å². The summed E-state index contributed by atoms with van der Waals surface area (Å²) in [4.78, 5) is 29.2. The molecule has 42 heavy (non-hydrogen) atoms. The summed E-state index contributed by atoms with van der Waals surface area (Å²) in [5, 5.41) is 2.70. The predicted molar refractivity (Wildman–Crippen MR) is 170 cm³/mol. The van der Waals surface area contributed by atoms with Gasteiger partial charge in [0.25, 0.3) is 10.0 Å². The fourth-order valence-electron chi connectivity index (χ4n) is 4.64. The zero-order chi connectivity index (χ0) is 30.3. The maximum absolute atomic E-state index is 14.3. The first-order valence-corrected chi connectivity index (χ1v) is 15.8. The van der Waals surface area contributed by atoms with Gasteiger partial charge in [0.15, 0.2) is 0 Å². The first kappa shape index (κ1) is 31.0. The number of carbonyl (C=O) groups excluding carboxylic acids is 2. The summed E-state index contributed by atoms with van der Waals surface area (Å²) >= 11 is 3.44. The number of aryl methyl sites for hydroxylation is 2. The number of rotatable bonds is 11. The number of anilines is 1. The molecule has 9 heteroatoms. The Bertz CT molecular complexity index is 1630. The van der Waals surface area contributed by atoms with Gasteiger partial charge in [0.1, 0.15) is 12.6 Å². The normalized spacial score (nSPS) is 11.9. The molecule has 0 fully saturated rings. The summed E-state index contributed by atoms with van der Waals surface area (Å²) in [6, 6.07) is 29.4. The number of hydrogen-bond acceptors (Lipinski definition) is 4. The van der Waals surface area contributed by atoms with E-state index in [1.165, 1.54) is 24.1 Å². The van der Waals surface area contributed by atoms with Crippen LogP contribution in [0.2, 0.25) is 0 Å². The van der Waals surface area contributed by atoms with Crippen LogP contribution in [0, 0.1) is 13.8 Å². The summed E-state index contributed by atoms with van der Waals surface area (Å²) in [5.41, 5.74) is 3.95. The molecule has 2 amide bonds. The molecule has 7 nitrogen and oxygen atoms in total. The number of nitrogens with zero attached hydrogens (tertiary/aromatic N) is 2. The Labute approximate surface area is 256 Å². The van der Waals surface area contributed by atoms with Crippen LogP contribution in [0.5, 0.6) is 0 Å².